The Bertz CT molecular complexity index is 500. The highest BCUT2D eigenvalue weighted by atomic mass is 16.5. The van der Waals surface area contributed by atoms with E-state index in [4.69, 9.17) is 9.84 Å². The Labute approximate surface area is 117 Å². The van der Waals surface area contributed by atoms with Gasteiger partial charge >= 0.3 is 5.97 Å². The van der Waals surface area contributed by atoms with Crippen molar-refractivity contribution in [3.8, 4) is 0 Å². The highest BCUT2D eigenvalue weighted by Gasteiger charge is 2.25. The normalized spacial score (nSPS) is 18.9. The number of hydrogen-bond acceptors (Lipinski definition) is 3. The molecule has 0 saturated carbocycles. The summed E-state index contributed by atoms with van der Waals surface area (Å²) >= 11 is 0. The largest absolute Gasteiger partial charge is 0.480 e. The third-order valence-corrected chi connectivity index (χ3v) is 3.50. The molecule has 0 bridgehead atoms. The molecule has 0 spiro atoms. The van der Waals surface area contributed by atoms with Crippen LogP contribution in [0.1, 0.15) is 37.0 Å². The van der Waals surface area contributed by atoms with Crippen molar-refractivity contribution in [2.24, 2.45) is 0 Å². The van der Waals surface area contributed by atoms with E-state index >= 15 is 0 Å². The Kier molecular flexibility index (Phi) is 4.74. The molecular formula is C15H19NO4. The topological polar surface area (TPSA) is 75.6 Å². The van der Waals surface area contributed by atoms with Crippen LogP contribution in [0, 0.1) is 0 Å². The number of hydrogen-bond donors (Lipinski definition) is 2. The van der Waals surface area contributed by atoms with Crippen LogP contribution in [0.25, 0.3) is 0 Å². The molecular weight excluding hydrogens is 258 g/mol. The minimum Gasteiger partial charge on any atom is -0.480 e. The number of nitrogens with one attached hydrogen (secondary N) is 1. The lowest BCUT2D eigenvalue weighted by Crippen LogP contribution is -2.41. The average molecular weight is 277 g/mol. The summed E-state index contributed by atoms with van der Waals surface area (Å²) in [4.78, 5) is 22.9. The summed E-state index contributed by atoms with van der Waals surface area (Å²) in [5.74, 6) is -1.30. The second-order valence-corrected chi connectivity index (χ2v) is 4.88. The molecule has 1 heterocycles. The monoisotopic (exact) mass is 277 g/mol. The number of carboxylic acid groups (broad SMARTS) is 1. The van der Waals surface area contributed by atoms with E-state index in [-0.39, 0.29) is 18.4 Å². The van der Waals surface area contributed by atoms with E-state index in [1.54, 1.807) is 6.92 Å². The summed E-state index contributed by atoms with van der Waals surface area (Å²) in [7, 11) is 0. The minimum atomic E-state index is -1.01. The lowest BCUT2D eigenvalue weighted by Gasteiger charge is -2.26. The number of amides is 1. The van der Waals surface area contributed by atoms with Gasteiger partial charge in [-0.05, 0) is 24.0 Å². The summed E-state index contributed by atoms with van der Waals surface area (Å²) in [5, 5.41) is 11.5. The number of aliphatic carboxylic acids is 1. The molecule has 2 N–H and O–H groups in total. The maximum Gasteiger partial charge on any atom is 0.326 e. The number of carbonyl (C=O) groups is 2. The van der Waals surface area contributed by atoms with E-state index < -0.39 is 12.0 Å². The van der Waals surface area contributed by atoms with Gasteiger partial charge in [-0.2, -0.15) is 0 Å². The number of rotatable bonds is 5. The van der Waals surface area contributed by atoms with Crippen molar-refractivity contribution in [2.45, 2.75) is 38.3 Å². The number of carboxylic acids is 1. The zero-order chi connectivity index (χ0) is 14.5. The van der Waals surface area contributed by atoms with Crippen LogP contribution in [0.15, 0.2) is 24.3 Å². The van der Waals surface area contributed by atoms with Gasteiger partial charge in [-0.3, -0.25) is 4.79 Å². The van der Waals surface area contributed by atoms with Crippen molar-refractivity contribution < 1.29 is 19.4 Å². The van der Waals surface area contributed by atoms with Gasteiger partial charge in [-0.25, -0.2) is 4.79 Å². The summed E-state index contributed by atoms with van der Waals surface area (Å²) in [5.41, 5.74) is 2.22. The molecule has 2 rings (SSSR count). The fourth-order valence-corrected chi connectivity index (χ4v) is 2.41. The zero-order valence-corrected chi connectivity index (χ0v) is 11.5. The van der Waals surface area contributed by atoms with Crippen molar-refractivity contribution in [1.82, 2.24) is 5.32 Å². The van der Waals surface area contributed by atoms with Crippen LogP contribution in [-0.2, 0) is 20.7 Å². The zero-order valence-electron chi connectivity index (χ0n) is 11.5. The lowest BCUT2D eigenvalue weighted by atomic mass is 9.95. The van der Waals surface area contributed by atoms with E-state index in [9.17, 15) is 9.59 Å². The number of benzene rings is 1. The molecule has 2 atom stereocenters. The Morgan fingerprint density at radius 1 is 1.45 bits per heavy atom. The van der Waals surface area contributed by atoms with Crippen LogP contribution in [0.5, 0.6) is 0 Å². The molecule has 1 amide bonds. The van der Waals surface area contributed by atoms with Crippen molar-refractivity contribution in [3.05, 3.63) is 35.4 Å². The van der Waals surface area contributed by atoms with Crippen LogP contribution >= 0.6 is 0 Å². The predicted octanol–water partition coefficient (Wildman–Crippen LogP) is 1.67. The second-order valence-electron chi connectivity index (χ2n) is 4.88. The van der Waals surface area contributed by atoms with Crippen LogP contribution in [0.3, 0.4) is 0 Å². The molecule has 0 aromatic heterocycles. The first-order chi connectivity index (χ1) is 9.61. The predicted molar refractivity (Wildman–Crippen MR) is 73.3 cm³/mol. The quantitative estimate of drug-likeness (QED) is 0.858. The first kappa shape index (κ1) is 14.5. The molecule has 0 radical (unpaired) electrons. The second kappa shape index (κ2) is 6.52. The van der Waals surface area contributed by atoms with Gasteiger partial charge in [-0.1, -0.05) is 31.2 Å². The molecule has 108 valence electrons. The molecule has 1 aromatic carbocycles. The average Bonchev–Trinajstić information content (AvgIpc) is 2.45. The van der Waals surface area contributed by atoms with Gasteiger partial charge in [0.25, 0.3) is 0 Å². The van der Waals surface area contributed by atoms with Crippen molar-refractivity contribution >= 4 is 11.9 Å². The minimum absolute atomic E-state index is 0.154. The van der Waals surface area contributed by atoms with E-state index in [0.717, 1.165) is 12.0 Å². The molecule has 1 aliphatic heterocycles. The Hall–Kier alpha value is -1.88. The van der Waals surface area contributed by atoms with Crippen LogP contribution in [-0.4, -0.2) is 29.6 Å². The first-order valence-electron chi connectivity index (χ1n) is 6.83. The van der Waals surface area contributed by atoms with E-state index in [2.05, 4.69) is 5.32 Å². The summed E-state index contributed by atoms with van der Waals surface area (Å²) in [6.07, 6.45) is 1.08. The highest BCUT2D eigenvalue weighted by Crippen LogP contribution is 2.29. The molecule has 0 saturated heterocycles. The summed E-state index contributed by atoms with van der Waals surface area (Å²) < 4.78 is 5.64. The molecule has 0 aliphatic carbocycles. The fourth-order valence-electron chi connectivity index (χ4n) is 2.41. The van der Waals surface area contributed by atoms with E-state index in [1.807, 2.05) is 24.3 Å². The van der Waals surface area contributed by atoms with Gasteiger partial charge in [0.05, 0.1) is 19.1 Å². The third-order valence-electron chi connectivity index (χ3n) is 3.50. The maximum atomic E-state index is 11.9. The van der Waals surface area contributed by atoms with Gasteiger partial charge in [-0.15, -0.1) is 0 Å². The van der Waals surface area contributed by atoms with Crippen LogP contribution in [0.2, 0.25) is 0 Å². The molecule has 20 heavy (non-hydrogen) atoms. The van der Waals surface area contributed by atoms with Crippen molar-refractivity contribution in [2.75, 3.05) is 6.61 Å². The Morgan fingerprint density at radius 3 is 2.90 bits per heavy atom. The smallest absolute Gasteiger partial charge is 0.326 e. The molecule has 5 nitrogen and oxygen atoms in total. The van der Waals surface area contributed by atoms with Gasteiger partial charge in [0.15, 0.2) is 0 Å². The van der Waals surface area contributed by atoms with E-state index in [0.29, 0.717) is 13.0 Å². The molecule has 1 aliphatic rings. The SMILES string of the molecule is CCC(NC(=O)CC1OCCc2ccccc21)C(=O)O. The number of ether oxygens (including phenoxy) is 1. The molecule has 0 fully saturated rings. The van der Waals surface area contributed by atoms with Crippen molar-refractivity contribution in [3.63, 3.8) is 0 Å². The summed E-state index contributed by atoms with van der Waals surface area (Å²) in [6.45, 7) is 2.32. The third kappa shape index (κ3) is 3.36. The fraction of sp³-hybridized carbons (Fsp3) is 0.467. The van der Waals surface area contributed by atoms with Crippen molar-refractivity contribution in [1.29, 1.82) is 0 Å². The van der Waals surface area contributed by atoms with Crippen LogP contribution in [0.4, 0.5) is 0 Å². The first-order valence-corrected chi connectivity index (χ1v) is 6.83. The summed E-state index contributed by atoms with van der Waals surface area (Å²) in [6, 6.07) is 7.06. The van der Waals surface area contributed by atoms with Gasteiger partial charge < -0.3 is 15.2 Å². The lowest BCUT2D eigenvalue weighted by molar-refractivity contribution is -0.142. The molecule has 2 unspecified atom stereocenters. The van der Waals surface area contributed by atoms with Gasteiger partial charge in [0.1, 0.15) is 6.04 Å². The Balaban J connectivity index is 2.01. The van der Waals surface area contributed by atoms with Crippen LogP contribution < -0.4 is 5.32 Å². The Morgan fingerprint density at radius 2 is 2.20 bits per heavy atom. The van der Waals surface area contributed by atoms with Gasteiger partial charge in [0.2, 0.25) is 5.91 Å². The van der Waals surface area contributed by atoms with Gasteiger partial charge in [0, 0.05) is 0 Å². The van der Waals surface area contributed by atoms with E-state index in [1.165, 1.54) is 5.56 Å². The highest BCUT2D eigenvalue weighted by molar-refractivity contribution is 5.83. The number of fused-ring (bicyclic) bond motifs is 1. The molecule has 5 heteroatoms. The number of carbonyl (C=O) groups excluding carboxylic acids is 1. The maximum absolute atomic E-state index is 11.9. The standard InChI is InChI=1S/C15H19NO4/c1-2-12(15(18)19)16-14(17)9-13-11-6-4-3-5-10(11)7-8-20-13/h3-6,12-13H,2,7-9H2,1H3,(H,16,17)(H,18,19). The molecule has 1 aromatic rings.